The van der Waals surface area contributed by atoms with Crippen molar-refractivity contribution in [3.63, 3.8) is 0 Å². The molecule has 0 saturated carbocycles. The van der Waals surface area contributed by atoms with E-state index in [1.165, 1.54) is 4.90 Å². The molecule has 1 aromatic carbocycles. The van der Waals surface area contributed by atoms with E-state index in [2.05, 4.69) is 10.3 Å². The van der Waals surface area contributed by atoms with Gasteiger partial charge in [-0.25, -0.2) is 14.8 Å². The maximum Gasteiger partial charge on any atom is 0.407 e. The van der Waals surface area contributed by atoms with Crippen LogP contribution in [0.5, 0.6) is 0 Å². The third-order valence-corrected chi connectivity index (χ3v) is 5.69. The number of urea groups is 1. The van der Waals surface area contributed by atoms with Gasteiger partial charge < -0.3 is 20.1 Å². The summed E-state index contributed by atoms with van der Waals surface area (Å²) in [4.78, 5) is 29.3. The minimum absolute atomic E-state index is 0.0146. The van der Waals surface area contributed by atoms with Gasteiger partial charge in [-0.05, 0) is 45.7 Å². The van der Waals surface area contributed by atoms with Crippen LogP contribution in [0.1, 0.15) is 33.6 Å². The van der Waals surface area contributed by atoms with Crippen LogP contribution in [0.15, 0.2) is 18.2 Å². The van der Waals surface area contributed by atoms with Crippen molar-refractivity contribution in [2.75, 3.05) is 31.1 Å². The third kappa shape index (κ3) is 4.75. The van der Waals surface area contributed by atoms with Gasteiger partial charge in [-0.15, -0.1) is 0 Å². The molecule has 160 valence electrons. The first kappa shape index (κ1) is 21.6. The number of carboxylic acid groups (broad SMARTS) is 1. The Morgan fingerprint density at radius 3 is 2.59 bits per heavy atom. The molecular formula is C19H28ClN5O4. The smallest absolute Gasteiger partial charge is 0.407 e. The topological polar surface area (TPSA) is 104 Å². The van der Waals surface area contributed by atoms with Crippen LogP contribution >= 0.6 is 11.6 Å². The Hall–Kier alpha value is -2.07. The molecule has 1 fully saturated rings. The zero-order valence-corrected chi connectivity index (χ0v) is 17.7. The van der Waals surface area contributed by atoms with E-state index in [0.29, 0.717) is 29.5 Å². The summed E-state index contributed by atoms with van der Waals surface area (Å²) >= 11 is 6.06. The Bertz CT molecular complexity index is 776. The zero-order chi connectivity index (χ0) is 21.3. The number of rotatable bonds is 4. The number of carbonyl (C=O) groups is 2. The van der Waals surface area contributed by atoms with Crippen LogP contribution in [-0.2, 0) is 0 Å². The Morgan fingerprint density at radius 1 is 1.34 bits per heavy atom. The van der Waals surface area contributed by atoms with E-state index in [0.717, 1.165) is 25.9 Å². The monoisotopic (exact) mass is 425 g/mol. The minimum atomic E-state index is -0.890. The molecular weight excluding hydrogens is 398 g/mol. The van der Waals surface area contributed by atoms with Crippen molar-refractivity contribution in [1.82, 2.24) is 15.2 Å². The lowest BCUT2D eigenvalue weighted by Gasteiger charge is -2.44. The number of halogens is 1. The van der Waals surface area contributed by atoms with Gasteiger partial charge in [0.05, 0.1) is 0 Å². The number of nitrogens with zero attached hydrogens (tertiary/aromatic N) is 3. The maximum absolute atomic E-state index is 12.3. The van der Waals surface area contributed by atoms with E-state index >= 15 is 0 Å². The van der Waals surface area contributed by atoms with Crippen molar-refractivity contribution >= 4 is 35.1 Å². The molecule has 2 heterocycles. The predicted octanol–water partition coefficient (Wildman–Crippen LogP) is 2.04. The number of hydrogen-bond donors (Lipinski definition) is 3. The lowest BCUT2D eigenvalue weighted by molar-refractivity contribution is -0.817. The van der Waals surface area contributed by atoms with Crippen LogP contribution in [0.4, 0.5) is 21.0 Å². The maximum atomic E-state index is 12.3. The fourth-order valence-corrected chi connectivity index (χ4v) is 4.28. The molecule has 1 unspecified atom stereocenters. The molecule has 3 amide bonds. The summed E-state index contributed by atoms with van der Waals surface area (Å²) in [6.07, 6.45) is 0.604. The van der Waals surface area contributed by atoms with Crippen LogP contribution in [0.25, 0.3) is 0 Å². The number of nitrogens with one attached hydrogen (secondary N) is 2. The third-order valence-electron chi connectivity index (χ3n) is 5.45. The quantitative estimate of drug-likeness (QED) is 0.640. The second kappa shape index (κ2) is 8.35. The Morgan fingerprint density at radius 2 is 2.00 bits per heavy atom. The zero-order valence-electron chi connectivity index (χ0n) is 16.9. The normalized spacial score (nSPS) is 20.9. The molecule has 0 bridgehead atoms. The van der Waals surface area contributed by atoms with Gasteiger partial charge in [0.1, 0.15) is 5.69 Å². The average molecular weight is 426 g/mol. The van der Waals surface area contributed by atoms with Crippen molar-refractivity contribution in [2.45, 2.75) is 45.2 Å². The molecule has 0 aromatic heterocycles. The highest BCUT2D eigenvalue weighted by atomic mass is 35.5. The number of hydrogen-bond acceptors (Lipinski definition) is 4. The molecule has 0 spiro atoms. The lowest BCUT2D eigenvalue weighted by Crippen LogP contribution is -3.12. The highest BCUT2D eigenvalue weighted by molar-refractivity contribution is 6.31. The number of piperidine rings is 1. The average Bonchev–Trinajstić information content (AvgIpc) is 2.61. The van der Waals surface area contributed by atoms with Crippen molar-refractivity contribution in [2.24, 2.45) is 0 Å². The molecule has 29 heavy (non-hydrogen) atoms. The molecule has 0 radical (unpaired) electrons. The molecule has 2 aliphatic rings. The highest BCUT2D eigenvalue weighted by Crippen LogP contribution is 2.29. The summed E-state index contributed by atoms with van der Waals surface area (Å²) in [5, 5.41) is 21.7. The summed E-state index contributed by atoms with van der Waals surface area (Å²) in [6.45, 7) is 8.27. The molecule has 2 aliphatic heterocycles. The fraction of sp³-hybridized carbons (Fsp3) is 0.579. The number of quaternary nitrogens is 1. The first-order valence-corrected chi connectivity index (χ1v) is 10.1. The fourth-order valence-electron chi connectivity index (χ4n) is 4.12. The number of benzene rings is 1. The predicted molar refractivity (Wildman–Crippen MR) is 110 cm³/mol. The van der Waals surface area contributed by atoms with Gasteiger partial charge in [0.25, 0.3) is 0 Å². The SMILES string of the molecule is CC(C)(C)N(C(=O)O)C1CCN(CCN2C(=O)N[NH+]([O-])c3ccc(Cl)cc32)CC1. The Labute approximate surface area is 175 Å². The molecule has 3 N–H and O–H groups in total. The van der Waals surface area contributed by atoms with Crippen LogP contribution in [0, 0.1) is 5.21 Å². The van der Waals surface area contributed by atoms with Crippen molar-refractivity contribution in [1.29, 1.82) is 0 Å². The first-order valence-electron chi connectivity index (χ1n) is 9.75. The second-order valence-corrected chi connectivity index (χ2v) is 8.91. The molecule has 9 nitrogen and oxygen atoms in total. The lowest BCUT2D eigenvalue weighted by atomic mass is 9.97. The van der Waals surface area contributed by atoms with Gasteiger partial charge in [-0.1, -0.05) is 11.6 Å². The number of carbonyl (C=O) groups excluding carboxylic acids is 1. The molecule has 3 rings (SSSR count). The number of amides is 3. The highest BCUT2D eigenvalue weighted by Gasteiger charge is 2.36. The first-order chi connectivity index (χ1) is 13.6. The largest absolute Gasteiger partial charge is 0.603 e. The van der Waals surface area contributed by atoms with Crippen LogP contribution in [-0.4, -0.2) is 64.8 Å². The molecule has 1 atom stereocenters. The van der Waals surface area contributed by atoms with Crippen molar-refractivity contribution < 1.29 is 19.9 Å². The number of likely N-dealkylation sites (tertiary alicyclic amines) is 1. The van der Waals surface area contributed by atoms with Gasteiger partial charge in [0.2, 0.25) is 0 Å². The summed E-state index contributed by atoms with van der Waals surface area (Å²) in [7, 11) is 0. The van der Waals surface area contributed by atoms with Crippen molar-refractivity contribution in [3.05, 3.63) is 28.4 Å². The molecule has 10 heteroatoms. The molecule has 0 aliphatic carbocycles. The standard InChI is InChI=1S/C19H28ClN5O4/c1-19(2,3)24(18(27)28)14-6-8-22(9-7-14)10-11-23-16-12-13(20)4-5-15(16)25(29)21-17(23)26/h4-5,12,14,25H,6-11H2,1-3H3,(H,21,26)(H,27,28). The van der Waals surface area contributed by atoms with Crippen molar-refractivity contribution in [3.8, 4) is 0 Å². The Balaban J connectivity index is 1.61. The van der Waals surface area contributed by atoms with E-state index in [-0.39, 0.29) is 6.04 Å². The summed E-state index contributed by atoms with van der Waals surface area (Å²) in [6, 6.07) is 4.41. The van der Waals surface area contributed by atoms with Crippen LogP contribution in [0.3, 0.4) is 0 Å². The molecule has 1 saturated heterocycles. The molecule has 1 aromatic rings. The van der Waals surface area contributed by atoms with Crippen LogP contribution in [0.2, 0.25) is 5.02 Å². The summed E-state index contributed by atoms with van der Waals surface area (Å²) < 4.78 is 0. The number of anilines is 1. The van der Waals surface area contributed by atoms with Gasteiger partial charge in [-0.2, -0.15) is 5.43 Å². The number of fused-ring (bicyclic) bond motifs is 1. The van der Waals surface area contributed by atoms with E-state index in [1.807, 2.05) is 20.8 Å². The van der Waals surface area contributed by atoms with E-state index in [9.17, 15) is 19.9 Å². The van der Waals surface area contributed by atoms with E-state index in [4.69, 9.17) is 11.6 Å². The minimum Gasteiger partial charge on any atom is -0.603 e. The van der Waals surface area contributed by atoms with Gasteiger partial charge in [-0.3, -0.25) is 4.90 Å². The summed E-state index contributed by atoms with van der Waals surface area (Å²) in [5.74, 6) is 0. The Kier molecular flexibility index (Phi) is 6.23. The van der Waals surface area contributed by atoms with E-state index in [1.54, 1.807) is 23.1 Å². The van der Waals surface area contributed by atoms with Gasteiger partial charge in [0.15, 0.2) is 5.69 Å². The van der Waals surface area contributed by atoms with E-state index < -0.39 is 22.8 Å². The van der Waals surface area contributed by atoms with Gasteiger partial charge in [0, 0.05) is 48.8 Å². The van der Waals surface area contributed by atoms with Gasteiger partial charge >= 0.3 is 12.1 Å². The van der Waals surface area contributed by atoms with Crippen LogP contribution < -0.4 is 15.5 Å². The second-order valence-electron chi connectivity index (χ2n) is 8.47. The summed E-state index contributed by atoms with van der Waals surface area (Å²) in [5.41, 5.74) is 2.86.